The van der Waals surface area contributed by atoms with Gasteiger partial charge in [-0.2, -0.15) is 0 Å². The molecule has 1 N–H and O–H groups in total. The topological polar surface area (TPSA) is 97.4 Å². The summed E-state index contributed by atoms with van der Waals surface area (Å²) in [5.74, 6) is 1.12. The summed E-state index contributed by atoms with van der Waals surface area (Å²) in [4.78, 5) is 42.5. The second kappa shape index (κ2) is 11.5. The number of imide groups is 1. The smallest absolute Gasteiger partial charge is 0.322 e. The third-order valence-electron chi connectivity index (χ3n) is 6.02. The fourth-order valence-electron chi connectivity index (χ4n) is 4.11. The molecule has 9 heteroatoms. The van der Waals surface area contributed by atoms with E-state index in [0.717, 1.165) is 10.5 Å². The molecule has 1 saturated heterocycles. The lowest BCUT2D eigenvalue weighted by molar-refractivity contribution is -0.122. The molecule has 0 saturated carbocycles. The van der Waals surface area contributed by atoms with Crippen LogP contribution in [-0.4, -0.2) is 49.6 Å². The van der Waals surface area contributed by atoms with E-state index >= 15 is 0 Å². The Morgan fingerprint density at radius 3 is 2.03 bits per heavy atom. The average Bonchev–Trinajstić information content (AvgIpc) is 3.21. The van der Waals surface area contributed by atoms with Crippen LogP contribution in [0.15, 0.2) is 72.8 Å². The molecule has 4 amide bonds. The van der Waals surface area contributed by atoms with Crippen molar-refractivity contribution < 1.29 is 28.6 Å². The highest BCUT2D eigenvalue weighted by Gasteiger charge is 2.44. The largest absolute Gasteiger partial charge is 0.497 e. The molecule has 3 aromatic carbocycles. The minimum atomic E-state index is -0.973. The Hall–Kier alpha value is -4.53. The molecule has 1 atom stereocenters. The number of amides is 4. The maximum Gasteiger partial charge on any atom is 0.322 e. The van der Waals surface area contributed by atoms with Crippen LogP contribution < -0.4 is 24.4 Å². The van der Waals surface area contributed by atoms with E-state index in [0.29, 0.717) is 35.2 Å². The molecule has 0 spiro atoms. The Balaban J connectivity index is 1.60. The third-order valence-corrected chi connectivity index (χ3v) is 6.02. The highest BCUT2D eigenvalue weighted by molar-refractivity contribution is 6.23. The SMILES string of the molecule is CCOc1ccc(N2C(=O)C[C@H](N(Cc3ccc(OC)cc3)C(=O)Nc3ccc(OC)cc3)C2=O)cc1. The summed E-state index contributed by atoms with van der Waals surface area (Å²) in [5.41, 5.74) is 1.75. The fraction of sp³-hybridized carbons (Fsp3) is 0.250. The first-order chi connectivity index (χ1) is 17.9. The van der Waals surface area contributed by atoms with E-state index in [1.54, 1.807) is 74.9 Å². The molecule has 0 aromatic heterocycles. The second-order valence-corrected chi connectivity index (χ2v) is 8.35. The van der Waals surface area contributed by atoms with Crippen molar-refractivity contribution >= 4 is 29.2 Å². The average molecular weight is 504 g/mol. The number of hydrogen-bond acceptors (Lipinski definition) is 6. The van der Waals surface area contributed by atoms with Gasteiger partial charge in [-0.05, 0) is 73.2 Å². The lowest BCUT2D eigenvalue weighted by atomic mass is 10.1. The molecule has 37 heavy (non-hydrogen) atoms. The van der Waals surface area contributed by atoms with Crippen LogP contribution in [0.5, 0.6) is 17.2 Å². The summed E-state index contributed by atoms with van der Waals surface area (Å²) in [5, 5.41) is 2.83. The molecule has 1 aliphatic rings. The second-order valence-electron chi connectivity index (χ2n) is 8.35. The van der Waals surface area contributed by atoms with Gasteiger partial charge < -0.3 is 24.4 Å². The number of benzene rings is 3. The summed E-state index contributed by atoms with van der Waals surface area (Å²) in [6.45, 7) is 2.50. The van der Waals surface area contributed by atoms with Crippen molar-refractivity contribution in [3.05, 3.63) is 78.4 Å². The molecule has 1 aliphatic heterocycles. The number of carbonyl (C=O) groups excluding carboxylic acids is 3. The number of urea groups is 1. The Kier molecular flexibility index (Phi) is 7.92. The zero-order chi connectivity index (χ0) is 26.4. The number of methoxy groups -OCH3 is 2. The molecular weight excluding hydrogens is 474 g/mol. The van der Waals surface area contributed by atoms with Crippen LogP contribution in [0.2, 0.25) is 0 Å². The Labute approximate surface area is 215 Å². The van der Waals surface area contributed by atoms with Crippen LogP contribution in [0.25, 0.3) is 0 Å². The number of nitrogens with zero attached hydrogens (tertiary/aromatic N) is 2. The first-order valence-corrected chi connectivity index (χ1v) is 11.9. The maximum atomic E-state index is 13.5. The first kappa shape index (κ1) is 25.6. The van der Waals surface area contributed by atoms with Gasteiger partial charge in [-0.1, -0.05) is 12.1 Å². The Bertz CT molecular complexity index is 1240. The number of nitrogens with one attached hydrogen (secondary N) is 1. The molecule has 4 rings (SSSR count). The normalized spacial score (nSPS) is 14.9. The molecule has 0 bridgehead atoms. The van der Waals surface area contributed by atoms with Gasteiger partial charge in [0, 0.05) is 12.2 Å². The Morgan fingerprint density at radius 1 is 0.892 bits per heavy atom. The summed E-state index contributed by atoms with van der Waals surface area (Å²) in [7, 11) is 3.13. The quantitative estimate of drug-likeness (QED) is 0.433. The molecule has 1 heterocycles. The summed E-state index contributed by atoms with van der Waals surface area (Å²) < 4.78 is 15.8. The van der Waals surface area contributed by atoms with Crippen LogP contribution >= 0.6 is 0 Å². The van der Waals surface area contributed by atoms with Crippen molar-refractivity contribution in [3.8, 4) is 17.2 Å². The number of carbonyl (C=O) groups is 3. The Morgan fingerprint density at radius 2 is 1.46 bits per heavy atom. The number of anilines is 2. The molecule has 192 valence electrons. The van der Waals surface area contributed by atoms with E-state index in [9.17, 15) is 14.4 Å². The van der Waals surface area contributed by atoms with Gasteiger partial charge in [0.1, 0.15) is 23.3 Å². The molecule has 0 unspecified atom stereocenters. The van der Waals surface area contributed by atoms with Crippen molar-refractivity contribution in [3.63, 3.8) is 0 Å². The highest BCUT2D eigenvalue weighted by atomic mass is 16.5. The lowest BCUT2D eigenvalue weighted by Crippen LogP contribution is -2.46. The van der Waals surface area contributed by atoms with E-state index in [1.165, 1.54) is 4.90 Å². The van der Waals surface area contributed by atoms with E-state index in [4.69, 9.17) is 14.2 Å². The predicted molar refractivity (Wildman–Crippen MR) is 139 cm³/mol. The molecular formula is C28H29N3O6. The monoisotopic (exact) mass is 503 g/mol. The van der Waals surface area contributed by atoms with Crippen molar-refractivity contribution in [2.24, 2.45) is 0 Å². The third kappa shape index (κ3) is 5.83. The van der Waals surface area contributed by atoms with Crippen molar-refractivity contribution in [2.75, 3.05) is 31.0 Å². The van der Waals surface area contributed by atoms with Gasteiger partial charge in [-0.3, -0.25) is 9.59 Å². The van der Waals surface area contributed by atoms with Crippen LogP contribution in [0, 0.1) is 0 Å². The fourth-order valence-corrected chi connectivity index (χ4v) is 4.11. The van der Waals surface area contributed by atoms with Gasteiger partial charge in [0.2, 0.25) is 5.91 Å². The number of rotatable bonds is 9. The summed E-state index contributed by atoms with van der Waals surface area (Å²) in [6.07, 6.45) is -0.127. The lowest BCUT2D eigenvalue weighted by Gasteiger charge is -2.28. The molecule has 0 radical (unpaired) electrons. The predicted octanol–water partition coefficient (Wildman–Crippen LogP) is 4.47. The van der Waals surface area contributed by atoms with Gasteiger partial charge in [0.05, 0.1) is 32.9 Å². The standard InChI is InChI=1S/C28H29N3O6/c1-4-37-24-15-9-21(10-16-24)31-26(32)17-25(27(31)33)30(18-19-5-11-22(35-2)12-6-19)28(34)29-20-7-13-23(36-3)14-8-20/h5-16,25H,4,17-18H2,1-3H3,(H,29,34)/t25-/m0/s1. The first-order valence-electron chi connectivity index (χ1n) is 11.9. The van der Waals surface area contributed by atoms with E-state index in [-0.39, 0.29) is 18.9 Å². The molecule has 1 fully saturated rings. The van der Waals surface area contributed by atoms with Crippen LogP contribution in [0.3, 0.4) is 0 Å². The van der Waals surface area contributed by atoms with Crippen LogP contribution in [-0.2, 0) is 16.1 Å². The van der Waals surface area contributed by atoms with Gasteiger partial charge in [0.15, 0.2) is 0 Å². The summed E-state index contributed by atoms with van der Waals surface area (Å²) in [6, 6.07) is 19.3. The van der Waals surface area contributed by atoms with Crippen molar-refractivity contribution in [1.82, 2.24) is 4.90 Å². The zero-order valence-corrected chi connectivity index (χ0v) is 21.0. The minimum Gasteiger partial charge on any atom is -0.497 e. The van der Waals surface area contributed by atoms with Crippen LogP contribution in [0.4, 0.5) is 16.2 Å². The minimum absolute atomic E-state index is 0.118. The van der Waals surface area contributed by atoms with E-state index < -0.39 is 18.0 Å². The van der Waals surface area contributed by atoms with Gasteiger partial charge in [-0.25, -0.2) is 9.69 Å². The molecule has 3 aromatic rings. The van der Waals surface area contributed by atoms with Crippen molar-refractivity contribution in [1.29, 1.82) is 0 Å². The van der Waals surface area contributed by atoms with E-state index in [2.05, 4.69) is 5.32 Å². The number of hydrogen-bond donors (Lipinski definition) is 1. The van der Waals surface area contributed by atoms with Gasteiger partial charge in [-0.15, -0.1) is 0 Å². The van der Waals surface area contributed by atoms with Gasteiger partial charge >= 0.3 is 6.03 Å². The molecule has 0 aliphatic carbocycles. The van der Waals surface area contributed by atoms with E-state index in [1.807, 2.05) is 19.1 Å². The molecule has 9 nitrogen and oxygen atoms in total. The zero-order valence-electron chi connectivity index (χ0n) is 21.0. The highest BCUT2D eigenvalue weighted by Crippen LogP contribution is 2.29. The number of ether oxygens (including phenoxy) is 3. The summed E-state index contributed by atoms with van der Waals surface area (Å²) >= 11 is 0. The van der Waals surface area contributed by atoms with Crippen LogP contribution in [0.1, 0.15) is 18.9 Å². The van der Waals surface area contributed by atoms with Gasteiger partial charge in [0.25, 0.3) is 5.91 Å². The van der Waals surface area contributed by atoms with Crippen molar-refractivity contribution in [2.45, 2.75) is 25.9 Å². The maximum absolute atomic E-state index is 13.5.